The van der Waals surface area contributed by atoms with Crippen LogP contribution in [0.3, 0.4) is 0 Å². The van der Waals surface area contributed by atoms with Crippen LogP contribution in [0, 0.1) is 0 Å². The highest BCUT2D eigenvalue weighted by atomic mass is 16.6. The fourth-order valence-electron chi connectivity index (χ4n) is 2.76. The van der Waals surface area contributed by atoms with E-state index in [1.54, 1.807) is 0 Å². The first-order valence-corrected chi connectivity index (χ1v) is 11.0. The largest absolute Gasteiger partial charge is 0.443 e. The number of amides is 2. The molecule has 0 saturated heterocycles. The molecule has 4 heteroatoms. The fourth-order valence-corrected chi connectivity index (χ4v) is 2.76. The third-order valence-corrected chi connectivity index (χ3v) is 4.52. The third-order valence-electron chi connectivity index (χ3n) is 4.52. The van der Waals surface area contributed by atoms with Gasteiger partial charge in [-0.15, -0.1) is 0 Å². The smallest absolute Gasteiger partial charge is 0.417 e. The van der Waals surface area contributed by atoms with E-state index in [4.69, 9.17) is 4.74 Å². The summed E-state index contributed by atoms with van der Waals surface area (Å²) in [7, 11) is 0. The first kappa shape index (κ1) is 26.4. The number of rotatable bonds is 13. The van der Waals surface area contributed by atoms with Crippen LogP contribution in [0.15, 0.2) is 23.8 Å². The van der Waals surface area contributed by atoms with Gasteiger partial charge in [0.25, 0.3) is 0 Å². The summed E-state index contributed by atoms with van der Waals surface area (Å²) in [5, 5.41) is 0. The Morgan fingerprint density at radius 3 is 2.18 bits per heavy atom. The van der Waals surface area contributed by atoms with Crippen molar-refractivity contribution in [2.24, 2.45) is 0 Å². The number of carbonyl (C=O) groups excluding carboxylic acids is 2. The van der Waals surface area contributed by atoms with Crippen molar-refractivity contribution in [2.45, 2.75) is 111 Å². The summed E-state index contributed by atoms with van der Waals surface area (Å²) in [5.41, 5.74) is 0.792. The maximum Gasteiger partial charge on any atom is 0.417 e. The second-order valence-electron chi connectivity index (χ2n) is 8.45. The number of ether oxygens (including phenoxy) is 1. The lowest BCUT2D eigenvalue weighted by Crippen LogP contribution is -2.41. The van der Waals surface area contributed by atoms with Crippen molar-refractivity contribution >= 4 is 12.0 Å². The average Bonchev–Trinajstić information content (AvgIpc) is 2.61. The molecule has 0 heterocycles. The highest BCUT2D eigenvalue weighted by Gasteiger charge is 2.26. The maximum absolute atomic E-state index is 12.6. The minimum absolute atomic E-state index is 0.108. The topological polar surface area (TPSA) is 46.6 Å². The molecule has 0 atom stereocenters. The van der Waals surface area contributed by atoms with Gasteiger partial charge in [-0.3, -0.25) is 4.79 Å². The van der Waals surface area contributed by atoms with Crippen molar-refractivity contribution < 1.29 is 14.3 Å². The van der Waals surface area contributed by atoms with Crippen molar-refractivity contribution in [2.75, 3.05) is 6.54 Å². The minimum Gasteiger partial charge on any atom is -0.443 e. The Morgan fingerprint density at radius 1 is 0.929 bits per heavy atom. The van der Waals surface area contributed by atoms with Gasteiger partial charge in [-0.2, -0.15) is 0 Å². The zero-order chi connectivity index (χ0) is 21.4. The normalized spacial score (nSPS) is 12.4. The van der Waals surface area contributed by atoms with E-state index in [0.29, 0.717) is 13.0 Å². The first-order chi connectivity index (χ1) is 13.2. The molecule has 0 bridgehead atoms. The highest BCUT2D eigenvalue weighted by Crippen LogP contribution is 2.15. The van der Waals surface area contributed by atoms with Crippen LogP contribution in [0.25, 0.3) is 0 Å². The van der Waals surface area contributed by atoms with Crippen LogP contribution in [-0.2, 0) is 9.53 Å². The second kappa shape index (κ2) is 15.4. The third kappa shape index (κ3) is 14.5. The van der Waals surface area contributed by atoms with E-state index in [1.165, 1.54) is 10.5 Å². The Kier molecular flexibility index (Phi) is 14.5. The van der Waals surface area contributed by atoms with Gasteiger partial charge in [0, 0.05) is 13.0 Å². The number of hydrogen-bond donors (Lipinski definition) is 0. The zero-order valence-electron chi connectivity index (χ0n) is 19.2. The Bertz CT molecular complexity index is 500. The summed E-state index contributed by atoms with van der Waals surface area (Å²) in [5.74, 6) is -0.108. The SMILES string of the molecule is C/C=C(\C)CCCCCC(=O)N(CCCCC/C=C\CC)C(=O)OC(C)(C)C. The molecule has 0 aromatic carbocycles. The quantitative estimate of drug-likeness (QED) is 0.246. The van der Waals surface area contributed by atoms with Gasteiger partial charge in [0.2, 0.25) is 5.91 Å². The number of allylic oxidation sites excluding steroid dienone is 4. The van der Waals surface area contributed by atoms with Gasteiger partial charge in [-0.1, -0.05) is 43.6 Å². The molecule has 28 heavy (non-hydrogen) atoms. The van der Waals surface area contributed by atoms with E-state index < -0.39 is 11.7 Å². The lowest BCUT2D eigenvalue weighted by molar-refractivity contribution is -0.130. The lowest BCUT2D eigenvalue weighted by atomic mass is 10.1. The van der Waals surface area contributed by atoms with E-state index in [0.717, 1.165) is 57.8 Å². The Labute approximate surface area is 173 Å². The Hall–Kier alpha value is -1.58. The molecule has 0 aliphatic rings. The molecule has 0 saturated carbocycles. The molecule has 0 rings (SSSR count). The number of unbranched alkanes of at least 4 members (excludes halogenated alkanes) is 5. The van der Waals surface area contributed by atoms with Crippen molar-refractivity contribution in [3.8, 4) is 0 Å². The van der Waals surface area contributed by atoms with Crippen molar-refractivity contribution in [1.29, 1.82) is 0 Å². The van der Waals surface area contributed by atoms with Crippen molar-refractivity contribution in [3.63, 3.8) is 0 Å². The summed E-state index contributed by atoms with van der Waals surface area (Å²) in [6, 6.07) is 0. The number of carbonyl (C=O) groups is 2. The summed E-state index contributed by atoms with van der Waals surface area (Å²) < 4.78 is 5.45. The molecule has 0 aromatic heterocycles. The molecule has 0 N–H and O–H groups in total. The summed E-state index contributed by atoms with van der Waals surface area (Å²) in [6.07, 6.45) is 15.4. The Morgan fingerprint density at radius 2 is 1.57 bits per heavy atom. The highest BCUT2D eigenvalue weighted by molar-refractivity contribution is 5.92. The maximum atomic E-state index is 12.6. The zero-order valence-corrected chi connectivity index (χ0v) is 19.2. The van der Waals surface area contributed by atoms with Gasteiger partial charge >= 0.3 is 6.09 Å². The molecule has 0 radical (unpaired) electrons. The van der Waals surface area contributed by atoms with E-state index >= 15 is 0 Å². The number of imide groups is 1. The molecule has 2 amide bonds. The molecule has 0 aromatic rings. The first-order valence-electron chi connectivity index (χ1n) is 11.0. The van der Waals surface area contributed by atoms with Crippen LogP contribution >= 0.6 is 0 Å². The van der Waals surface area contributed by atoms with Crippen LogP contribution in [0.5, 0.6) is 0 Å². The van der Waals surface area contributed by atoms with E-state index in [-0.39, 0.29) is 5.91 Å². The molecule has 162 valence electrons. The van der Waals surface area contributed by atoms with Gasteiger partial charge in [0.1, 0.15) is 5.60 Å². The van der Waals surface area contributed by atoms with E-state index in [9.17, 15) is 9.59 Å². The fraction of sp³-hybridized carbons (Fsp3) is 0.750. The van der Waals surface area contributed by atoms with Gasteiger partial charge < -0.3 is 4.74 Å². The Balaban J connectivity index is 4.47. The number of hydrogen-bond acceptors (Lipinski definition) is 3. The molecule has 0 aliphatic heterocycles. The lowest BCUT2D eigenvalue weighted by Gasteiger charge is -2.26. The predicted molar refractivity (Wildman–Crippen MR) is 118 cm³/mol. The van der Waals surface area contributed by atoms with Crippen LogP contribution in [0.4, 0.5) is 4.79 Å². The van der Waals surface area contributed by atoms with Gasteiger partial charge in [0.15, 0.2) is 0 Å². The minimum atomic E-state index is -0.593. The van der Waals surface area contributed by atoms with Crippen LogP contribution in [0.2, 0.25) is 0 Å². The standard InChI is InChI=1S/C24H43NO3/c1-7-9-10-11-12-13-17-20-25(23(27)28-24(4,5)6)22(26)19-16-14-15-18-21(3)8-2/h8-10H,7,11-20H2,1-6H3/b10-9-,21-8+. The van der Waals surface area contributed by atoms with Crippen LogP contribution in [0.1, 0.15) is 106 Å². The summed E-state index contributed by atoms with van der Waals surface area (Å²) >= 11 is 0. The molecule has 4 nitrogen and oxygen atoms in total. The monoisotopic (exact) mass is 393 g/mol. The van der Waals surface area contributed by atoms with Crippen LogP contribution < -0.4 is 0 Å². The molecular weight excluding hydrogens is 350 g/mol. The average molecular weight is 394 g/mol. The number of nitrogens with zero attached hydrogens (tertiary/aromatic N) is 1. The van der Waals surface area contributed by atoms with Crippen molar-refractivity contribution in [1.82, 2.24) is 4.90 Å². The molecule has 0 aliphatic carbocycles. The van der Waals surface area contributed by atoms with Gasteiger partial charge in [-0.05, 0) is 79.6 Å². The van der Waals surface area contributed by atoms with Crippen molar-refractivity contribution in [3.05, 3.63) is 23.8 Å². The second-order valence-corrected chi connectivity index (χ2v) is 8.45. The summed E-state index contributed by atoms with van der Waals surface area (Å²) in [6.45, 7) is 12.3. The molecular formula is C24H43NO3. The van der Waals surface area contributed by atoms with Gasteiger partial charge in [-0.25, -0.2) is 9.69 Å². The van der Waals surface area contributed by atoms with Gasteiger partial charge in [0.05, 0.1) is 0 Å². The van der Waals surface area contributed by atoms with E-state index in [2.05, 4.69) is 39.0 Å². The van der Waals surface area contributed by atoms with Crippen LogP contribution in [-0.4, -0.2) is 29.0 Å². The molecule has 0 unspecified atom stereocenters. The summed E-state index contributed by atoms with van der Waals surface area (Å²) in [4.78, 5) is 26.4. The molecule has 0 fully saturated rings. The predicted octanol–water partition coefficient (Wildman–Crippen LogP) is 7.19. The van der Waals surface area contributed by atoms with E-state index in [1.807, 2.05) is 20.8 Å². The molecule has 0 spiro atoms.